The van der Waals surface area contributed by atoms with Gasteiger partial charge in [0, 0.05) is 6.42 Å². The van der Waals surface area contributed by atoms with Crippen LogP contribution in [0.3, 0.4) is 0 Å². The van der Waals surface area contributed by atoms with E-state index in [-0.39, 0.29) is 25.4 Å². The predicted molar refractivity (Wildman–Crippen MR) is 31.6 cm³/mol. The molecule has 0 aliphatic carbocycles. The zero-order valence-electron chi connectivity index (χ0n) is 4.74. The first-order valence-electron chi connectivity index (χ1n) is 2.33. The minimum atomic E-state index is -4.03. The van der Waals surface area contributed by atoms with Crippen LogP contribution in [0.25, 0.3) is 0 Å². The van der Waals surface area contributed by atoms with Crippen molar-refractivity contribution in [3.05, 3.63) is 0 Å². The molecular formula is C4H9ClF3N. The highest BCUT2D eigenvalue weighted by molar-refractivity contribution is 5.85. The van der Waals surface area contributed by atoms with Gasteiger partial charge in [0.05, 0.1) is 0 Å². The van der Waals surface area contributed by atoms with E-state index in [2.05, 4.69) is 0 Å². The highest BCUT2D eigenvalue weighted by Gasteiger charge is 2.25. The minimum absolute atomic E-state index is 0. The lowest BCUT2D eigenvalue weighted by Crippen LogP contribution is -2.10. The van der Waals surface area contributed by atoms with Crippen LogP contribution in [-0.2, 0) is 0 Å². The van der Waals surface area contributed by atoms with E-state index in [4.69, 9.17) is 5.73 Å². The average molecular weight is 164 g/mol. The van der Waals surface area contributed by atoms with Crippen molar-refractivity contribution in [1.29, 1.82) is 0 Å². The Hall–Kier alpha value is 0.0400. The number of nitrogens with two attached hydrogens (primary N) is 1. The molecule has 2 N–H and O–H groups in total. The van der Waals surface area contributed by atoms with Gasteiger partial charge in [-0.1, -0.05) is 0 Å². The summed E-state index contributed by atoms with van der Waals surface area (Å²) < 4.78 is 33.6. The van der Waals surface area contributed by atoms with E-state index in [1.807, 2.05) is 0 Å². The van der Waals surface area contributed by atoms with E-state index in [0.717, 1.165) is 0 Å². The summed E-state index contributed by atoms with van der Waals surface area (Å²) in [6.07, 6.45) is -4.76. The van der Waals surface area contributed by atoms with Crippen molar-refractivity contribution in [2.45, 2.75) is 19.0 Å². The molecule has 0 atom stereocenters. The van der Waals surface area contributed by atoms with Crippen LogP contribution < -0.4 is 5.73 Å². The van der Waals surface area contributed by atoms with Crippen molar-refractivity contribution in [1.82, 2.24) is 0 Å². The fourth-order valence-electron chi connectivity index (χ4n) is 0.303. The van der Waals surface area contributed by atoms with Crippen LogP contribution >= 0.6 is 12.4 Å². The molecule has 0 heterocycles. The molecule has 9 heavy (non-hydrogen) atoms. The van der Waals surface area contributed by atoms with Crippen LogP contribution in [0.2, 0.25) is 0 Å². The predicted octanol–water partition coefficient (Wildman–Crippen LogP) is 1.71. The molecule has 0 aliphatic rings. The van der Waals surface area contributed by atoms with Crippen molar-refractivity contribution >= 4 is 12.4 Å². The fraction of sp³-hybridized carbons (Fsp3) is 1.00. The third-order valence-corrected chi connectivity index (χ3v) is 0.664. The normalized spacial score (nSPS) is 10.7. The Morgan fingerprint density at radius 3 is 1.78 bits per heavy atom. The largest absolute Gasteiger partial charge is 0.389 e. The quantitative estimate of drug-likeness (QED) is 0.659. The molecule has 0 amide bonds. The van der Waals surface area contributed by atoms with Crippen molar-refractivity contribution in [3.63, 3.8) is 0 Å². The van der Waals surface area contributed by atoms with Gasteiger partial charge in [-0.2, -0.15) is 13.2 Å². The van der Waals surface area contributed by atoms with Gasteiger partial charge in [0.1, 0.15) is 0 Å². The van der Waals surface area contributed by atoms with E-state index in [0.29, 0.717) is 0 Å². The molecule has 0 bridgehead atoms. The van der Waals surface area contributed by atoms with Crippen molar-refractivity contribution in [2.24, 2.45) is 5.73 Å². The first-order valence-corrected chi connectivity index (χ1v) is 2.33. The molecule has 0 saturated heterocycles. The van der Waals surface area contributed by atoms with Gasteiger partial charge in [-0.05, 0) is 13.0 Å². The molecule has 0 unspecified atom stereocenters. The van der Waals surface area contributed by atoms with E-state index < -0.39 is 12.6 Å². The van der Waals surface area contributed by atoms with Crippen LogP contribution in [0.1, 0.15) is 12.8 Å². The van der Waals surface area contributed by atoms with Crippen LogP contribution in [0.5, 0.6) is 0 Å². The third-order valence-electron chi connectivity index (χ3n) is 0.664. The highest BCUT2D eigenvalue weighted by Crippen LogP contribution is 2.20. The lowest BCUT2D eigenvalue weighted by Gasteiger charge is -2.02. The van der Waals surface area contributed by atoms with Gasteiger partial charge in [0.2, 0.25) is 0 Å². The SMILES string of the molecule is Cl.NCCCC(F)(F)F. The van der Waals surface area contributed by atoms with E-state index in [1.54, 1.807) is 0 Å². The molecular weight excluding hydrogens is 154 g/mol. The monoisotopic (exact) mass is 163 g/mol. The number of alkyl halides is 3. The summed E-state index contributed by atoms with van der Waals surface area (Å²) in [5, 5.41) is 0. The summed E-state index contributed by atoms with van der Waals surface area (Å²) in [6, 6.07) is 0. The molecule has 0 aromatic rings. The number of hydrogen-bond donors (Lipinski definition) is 1. The third kappa shape index (κ3) is 11.5. The topological polar surface area (TPSA) is 26.0 Å². The Morgan fingerprint density at radius 2 is 1.67 bits per heavy atom. The maximum absolute atomic E-state index is 11.2. The minimum Gasteiger partial charge on any atom is -0.330 e. The summed E-state index contributed by atoms with van der Waals surface area (Å²) in [5.41, 5.74) is 4.84. The fourth-order valence-corrected chi connectivity index (χ4v) is 0.303. The maximum Gasteiger partial charge on any atom is 0.389 e. The molecule has 0 rings (SSSR count). The van der Waals surface area contributed by atoms with E-state index in [9.17, 15) is 13.2 Å². The number of hydrogen-bond acceptors (Lipinski definition) is 1. The maximum atomic E-state index is 11.2. The Balaban J connectivity index is 0. The molecule has 5 heteroatoms. The average Bonchev–Trinajstić information content (AvgIpc) is 1.59. The number of halogens is 4. The summed E-state index contributed by atoms with van der Waals surface area (Å²) in [4.78, 5) is 0. The molecule has 0 saturated carbocycles. The van der Waals surface area contributed by atoms with Gasteiger partial charge in [-0.25, -0.2) is 0 Å². The molecule has 1 nitrogen and oxygen atoms in total. The first-order chi connectivity index (χ1) is 3.56. The summed E-state index contributed by atoms with van der Waals surface area (Å²) in [5.74, 6) is 0. The van der Waals surface area contributed by atoms with Gasteiger partial charge in [0.25, 0.3) is 0 Å². The zero-order chi connectivity index (χ0) is 6.62. The Labute approximate surface area is 57.8 Å². The summed E-state index contributed by atoms with van der Waals surface area (Å²) >= 11 is 0. The Bertz CT molecular complexity index is 63.3. The lowest BCUT2D eigenvalue weighted by atomic mass is 10.3. The van der Waals surface area contributed by atoms with Gasteiger partial charge in [0.15, 0.2) is 0 Å². The molecule has 0 fully saturated rings. The van der Waals surface area contributed by atoms with Crippen molar-refractivity contribution in [3.8, 4) is 0 Å². The molecule has 0 aromatic carbocycles. The van der Waals surface area contributed by atoms with Crippen LogP contribution in [0.4, 0.5) is 13.2 Å². The smallest absolute Gasteiger partial charge is 0.330 e. The second-order valence-electron chi connectivity index (χ2n) is 1.51. The van der Waals surface area contributed by atoms with Gasteiger partial charge in [-0.3, -0.25) is 0 Å². The van der Waals surface area contributed by atoms with Crippen LogP contribution in [0.15, 0.2) is 0 Å². The molecule has 0 aliphatic heterocycles. The summed E-state index contributed by atoms with van der Waals surface area (Å²) in [6.45, 7) is 0.111. The van der Waals surface area contributed by atoms with Crippen molar-refractivity contribution < 1.29 is 13.2 Å². The summed E-state index contributed by atoms with van der Waals surface area (Å²) in [7, 11) is 0. The van der Waals surface area contributed by atoms with E-state index in [1.165, 1.54) is 0 Å². The van der Waals surface area contributed by atoms with E-state index >= 15 is 0 Å². The Kier molecular flexibility index (Phi) is 6.39. The molecule has 0 aromatic heterocycles. The van der Waals surface area contributed by atoms with Gasteiger partial charge >= 0.3 is 6.18 Å². The zero-order valence-corrected chi connectivity index (χ0v) is 5.56. The first kappa shape index (κ1) is 11.8. The van der Waals surface area contributed by atoms with Crippen molar-refractivity contribution in [2.75, 3.05) is 6.54 Å². The Morgan fingerprint density at radius 1 is 1.22 bits per heavy atom. The molecule has 0 spiro atoms. The molecule has 0 radical (unpaired) electrons. The second kappa shape index (κ2) is 4.88. The van der Waals surface area contributed by atoms with Crippen LogP contribution in [-0.4, -0.2) is 12.7 Å². The van der Waals surface area contributed by atoms with Gasteiger partial charge in [-0.15, -0.1) is 12.4 Å². The lowest BCUT2D eigenvalue weighted by molar-refractivity contribution is -0.134. The number of rotatable bonds is 2. The standard InChI is InChI=1S/C4H8F3N.ClH/c5-4(6,7)2-1-3-8;/h1-3,8H2;1H. The highest BCUT2D eigenvalue weighted by atomic mass is 35.5. The van der Waals surface area contributed by atoms with Crippen LogP contribution in [0, 0.1) is 0 Å². The molecule has 58 valence electrons. The van der Waals surface area contributed by atoms with Gasteiger partial charge < -0.3 is 5.73 Å². The second-order valence-corrected chi connectivity index (χ2v) is 1.51.